The molecule has 8 nitrogen and oxygen atoms in total. The summed E-state index contributed by atoms with van der Waals surface area (Å²) < 4.78 is 11.3. The van der Waals surface area contributed by atoms with Crippen LogP contribution in [-0.2, 0) is 4.74 Å². The number of rotatable bonds is 5. The van der Waals surface area contributed by atoms with Gasteiger partial charge in [0.2, 0.25) is 0 Å². The molecule has 2 heterocycles. The summed E-state index contributed by atoms with van der Waals surface area (Å²) in [6, 6.07) is 10.1. The fourth-order valence-electron chi connectivity index (χ4n) is 4.59. The zero-order valence-corrected chi connectivity index (χ0v) is 22.8. The number of ether oxygens (including phenoxy) is 2. The normalized spacial score (nSPS) is 14.8. The van der Waals surface area contributed by atoms with Crippen LogP contribution in [0.4, 0.5) is 16.3 Å². The molecular weight excluding hydrogens is 466 g/mol. The Bertz CT molecular complexity index is 1340. The summed E-state index contributed by atoms with van der Waals surface area (Å²) >= 11 is 0. The molecule has 196 valence electrons. The number of carbonyl (C=O) groups is 1. The van der Waals surface area contributed by atoms with E-state index in [1.165, 1.54) is 0 Å². The lowest BCUT2D eigenvalue weighted by molar-refractivity contribution is 0.0270. The molecule has 0 saturated carbocycles. The summed E-state index contributed by atoms with van der Waals surface area (Å²) in [4.78, 5) is 23.6. The second kappa shape index (κ2) is 10.3. The van der Waals surface area contributed by atoms with Crippen LogP contribution < -0.4 is 15.8 Å². The molecule has 0 fully saturated rings. The van der Waals surface area contributed by atoms with Gasteiger partial charge >= 0.3 is 6.09 Å². The van der Waals surface area contributed by atoms with Crippen LogP contribution >= 0.6 is 0 Å². The van der Waals surface area contributed by atoms with Crippen LogP contribution in [-0.4, -0.2) is 46.8 Å². The van der Waals surface area contributed by atoms with Crippen LogP contribution in [0.5, 0.6) is 5.75 Å². The molecule has 1 aliphatic rings. The van der Waals surface area contributed by atoms with Gasteiger partial charge in [-0.15, -0.1) is 0 Å². The van der Waals surface area contributed by atoms with Crippen LogP contribution in [0.15, 0.2) is 36.4 Å². The van der Waals surface area contributed by atoms with Crippen molar-refractivity contribution < 1.29 is 14.3 Å². The number of nitrogens with zero attached hydrogens (tertiary/aromatic N) is 3. The predicted molar refractivity (Wildman–Crippen MR) is 149 cm³/mol. The Morgan fingerprint density at radius 3 is 2.51 bits per heavy atom. The third-order valence-corrected chi connectivity index (χ3v) is 6.31. The Morgan fingerprint density at radius 1 is 1.14 bits per heavy atom. The number of nitrogens with two attached hydrogens (primary N) is 1. The highest BCUT2D eigenvalue weighted by Crippen LogP contribution is 2.36. The first kappa shape index (κ1) is 26.3. The molecule has 37 heavy (non-hydrogen) atoms. The summed E-state index contributed by atoms with van der Waals surface area (Å²) in [5, 5.41) is 4.48. The van der Waals surface area contributed by atoms with Crippen LogP contribution in [0.2, 0.25) is 0 Å². The van der Waals surface area contributed by atoms with Crippen molar-refractivity contribution >= 4 is 34.1 Å². The molecule has 0 saturated heterocycles. The Morgan fingerprint density at radius 2 is 1.89 bits per heavy atom. The number of carbonyl (C=O) groups excluding carboxylic acids is 1. The maximum Gasteiger partial charge on any atom is 0.410 e. The monoisotopic (exact) mass is 503 g/mol. The lowest BCUT2D eigenvalue weighted by Gasteiger charge is -2.30. The average molecular weight is 504 g/mol. The number of hydrogen-bond acceptors (Lipinski definition) is 7. The topological polar surface area (TPSA) is 103 Å². The maximum absolute atomic E-state index is 12.5. The minimum atomic E-state index is -0.522. The number of nitrogen functional groups attached to an aromatic ring is 1. The van der Waals surface area contributed by atoms with Crippen molar-refractivity contribution in [2.24, 2.45) is 0 Å². The number of aryl methyl sites for hydroxylation is 2. The fraction of sp³-hybridized carbons (Fsp3) is 0.414. The number of anilines is 2. The number of methoxy groups -OCH3 is 1. The van der Waals surface area contributed by atoms with Gasteiger partial charge in [-0.25, -0.2) is 14.8 Å². The lowest BCUT2D eigenvalue weighted by atomic mass is 9.96. The number of benzene rings is 2. The van der Waals surface area contributed by atoms with Crippen molar-refractivity contribution in [1.29, 1.82) is 0 Å². The fourth-order valence-corrected chi connectivity index (χ4v) is 4.59. The van der Waals surface area contributed by atoms with Crippen molar-refractivity contribution in [3.63, 3.8) is 0 Å². The van der Waals surface area contributed by atoms with Crippen LogP contribution in [0, 0.1) is 13.8 Å². The lowest BCUT2D eigenvalue weighted by Crippen LogP contribution is -2.39. The Kier molecular flexibility index (Phi) is 7.30. The Hall–Kier alpha value is -3.81. The van der Waals surface area contributed by atoms with Gasteiger partial charge in [0.15, 0.2) is 0 Å². The van der Waals surface area contributed by atoms with Crippen LogP contribution in [0.1, 0.15) is 62.7 Å². The zero-order valence-electron chi connectivity index (χ0n) is 22.8. The SMILES string of the molecule is COc1cc2nc(C)nc(N[C@H](C)c3cc(C)cc(N)c3)c2cc1C1=CCN(C(=O)OC(C)(C)C)CC1. The maximum atomic E-state index is 12.5. The van der Waals surface area contributed by atoms with Gasteiger partial charge in [-0.2, -0.15) is 0 Å². The van der Waals surface area contributed by atoms with E-state index in [1.54, 1.807) is 12.0 Å². The van der Waals surface area contributed by atoms with Crippen LogP contribution in [0.25, 0.3) is 16.5 Å². The molecule has 0 bridgehead atoms. The summed E-state index contributed by atoms with van der Waals surface area (Å²) in [6.45, 7) is 12.7. The summed E-state index contributed by atoms with van der Waals surface area (Å²) in [5.41, 5.74) is 11.4. The van der Waals surface area contributed by atoms with E-state index in [4.69, 9.17) is 20.2 Å². The minimum absolute atomic E-state index is 0.0125. The van der Waals surface area contributed by atoms with E-state index in [9.17, 15) is 4.79 Å². The molecule has 0 aliphatic carbocycles. The van der Waals surface area contributed by atoms with Gasteiger partial charge in [0, 0.05) is 35.8 Å². The minimum Gasteiger partial charge on any atom is -0.496 e. The molecule has 1 amide bonds. The largest absolute Gasteiger partial charge is 0.496 e. The van der Waals surface area contributed by atoms with Crippen molar-refractivity contribution in [1.82, 2.24) is 14.9 Å². The molecule has 3 aromatic rings. The smallest absolute Gasteiger partial charge is 0.410 e. The summed E-state index contributed by atoms with van der Waals surface area (Å²) in [7, 11) is 1.67. The van der Waals surface area contributed by atoms with Crippen molar-refractivity contribution in [2.75, 3.05) is 31.2 Å². The molecule has 0 unspecified atom stereocenters. The molecule has 8 heteroatoms. The number of aromatic nitrogens is 2. The molecule has 2 aromatic carbocycles. The van der Waals surface area contributed by atoms with E-state index in [-0.39, 0.29) is 12.1 Å². The third-order valence-electron chi connectivity index (χ3n) is 6.31. The second-order valence-electron chi connectivity index (χ2n) is 10.6. The highest BCUT2D eigenvalue weighted by atomic mass is 16.6. The number of amides is 1. The van der Waals surface area contributed by atoms with E-state index in [0.717, 1.165) is 50.4 Å². The second-order valence-corrected chi connectivity index (χ2v) is 10.6. The molecule has 4 rings (SSSR count). The first-order chi connectivity index (χ1) is 17.4. The molecule has 0 spiro atoms. The molecule has 1 atom stereocenters. The van der Waals surface area contributed by atoms with Crippen molar-refractivity contribution in [3.8, 4) is 5.75 Å². The number of nitrogens with one attached hydrogen (secondary N) is 1. The quantitative estimate of drug-likeness (QED) is 0.410. The van der Waals surface area contributed by atoms with E-state index in [1.807, 2.05) is 52.8 Å². The van der Waals surface area contributed by atoms with Crippen molar-refractivity contribution in [2.45, 2.75) is 59.6 Å². The van der Waals surface area contributed by atoms with Gasteiger partial charge in [0.25, 0.3) is 0 Å². The van der Waals surface area contributed by atoms with Crippen LogP contribution in [0.3, 0.4) is 0 Å². The first-order valence-electron chi connectivity index (χ1n) is 12.6. The summed E-state index contributed by atoms with van der Waals surface area (Å²) in [5.74, 6) is 2.17. The van der Waals surface area contributed by atoms with E-state index in [2.05, 4.69) is 35.4 Å². The van der Waals surface area contributed by atoms with Crippen molar-refractivity contribution in [3.05, 3.63) is 58.9 Å². The van der Waals surface area contributed by atoms with Gasteiger partial charge in [0.05, 0.1) is 18.7 Å². The molecule has 1 aromatic heterocycles. The Labute approximate surface area is 218 Å². The number of fused-ring (bicyclic) bond motifs is 1. The standard InChI is InChI=1S/C29H37N5O3/c1-17-12-21(14-22(30)13-17)18(2)31-27-24-15-23(26(36-7)16-25(24)32-19(3)33-27)20-8-10-34(11-9-20)28(35)37-29(4,5)6/h8,12-16,18H,9-11,30H2,1-7H3,(H,31,32,33)/t18-/m1/s1. The highest BCUT2D eigenvalue weighted by molar-refractivity contribution is 5.94. The molecule has 1 aliphatic heterocycles. The molecule has 0 radical (unpaired) electrons. The van der Waals surface area contributed by atoms with Gasteiger partial charge in [-0.05, 0) is 82.9 Å². The van der Waals surface area contributed by atoms with Gasteiger partial charge in [-0.3, -0.25) is 0 Å². The van der Waals surface area contributed by atoms with E-state index < -0.39 is 5.60 Å². The third kappa shape index (κ3) is 6.13. The van der Waals surface area contributed by atoms with Gasteiger partial charge < -0.3 is 25.4 Å². The zero-order chi connectivity index (χ0) is 26.9. The summed E-state index contributed by atoms with van der Waals surface area (Å²) in [6.07, 6.45) is 2.46. The first-order valence-corrected chi connectivity index (χ1v) is 12.6. The Balaban J connectivity index is 1.68. The average Bonchev–Trinajstić information content (AvgIpc) is 2.81. The van der Waals surface area contributed by atoms with Gasteiger partial charge in [-0.1, -0.05) is 12.1 Å². The predicted octanol–water partition coefficient (Wildman–Crippen LogP) is 6.03. The highest BCUT2D eigenvalue weighted by Gasteiger charge is 2.25. The van der Waals surface area contributed by atoms with Gasteiger partial charge in [0.1, 0.15) is 23.0 Å². The molecule has 3 N–H and O–H groups in total. The van der Waals surface area contributed by atoms with E-state index in [0.29, 0.717) is 25.3 Å². The van der Waals surface area contributed by atoms with E-state index >= 15 is 0 Å². The molecular formula is C29H37N5O3. The number of hydrogen-bond donors (Lipinski definition) is 2.